The molecule has 1 aliphatic heterocycles. The van der Waals surface area contributed by atoms with Crippen molar-refractivity contribution in [1.82, 2.24) is 5.16 Å². The number of aromatic hydroxyl groups is 1. The highest BCUT2D eigenvalue weighted by Crippen LogP contribution is 2.35. The number of halogens is 1. The van der Waals surface area contributed by atoms with Gasteiger partial charge in [-0.3, -0.25) is 4.79 Å². The summed E-state index contributed by atoms with van der Waals surface area (Å²) in [5.74, 6) is -1.33. The maximum atomic E-state index is 13.8. The fourth-order valence-corrected chi connectivity index (χ4v) is 2.47. The highest BCUT2D eigenvalue weighted by molar-refractivity contribution is 6.56. The van der Waals surface area contributed by atoms with Crippen molar-refractivity contribution in [2.24, 2.45) is 4.99 Å². The van der Waals surface area contributed by atoms with Gasteiger partial charge in [-0.2, -0.15) is 0 Å². The summed E-state index contributed by atoms with van der Waals surface area (Å²) in [6, 6.07) is 7.19. The molecule has 0 fully saturated rings. The molecule has 0 amide bonds. The lowest BCUT2D eigenvalue weighted by Crippen LogP contribution is -2.13. The number of hydrogen-bond acceptors (Lipinski definition) is 5. The van der Waals surface area contributed by atoms with Crippen molar-refractivity contribution in [2.45, 2.75) is 0 Å². The van der Waals surface area contributed by atoms with E-state index in [1.807, 2.05) is 0 Å². The number of nitrogens with zero attached hydrogens (tertiary/aromatic N) is 2. The van der Waals surface area contributed by atoms with Crippen LogP contribution in [0.25, 0.3) is 10.9 Å². The number of phenols is 1. The van der Waals surface area contributed by atoms with Gasteiger partial charge < -0.3 is 9.63 Å². The van der Waals surface area contributed by atoms with Crippen LogP contribution >= 0.6 is 0 Å². The predicted molar refractivity (Wildman–Crippen MR) is 72.6 cm³/mol. The van der Waals surface area contributed by atoms with E-state index < -0.39 is 11.6 Å². The van der Waals surface area contributed by atoms with E-state index >= 15 is 0 Å². The molecule has 0 radical (unpaired) electrons. The molecule has 2 heterocycles. The molecule has 102 valence electrons. The fourth-order valence-electron chi connectivity index (χ4n) is 2.47. The monoisotopic (exact) mass is 282 g/mol. The van der Waals surface area contributed by atoms with E-state index in [0.717, 1.165) is 0 Å². The summed E-state index contributed by atoms with van der Waals surface area (Å²) in [7, 11) is 0. The summed E-state index contributed by atoms with van der Waals surface area (Å²) < 4.78 is 18.7. The predicted octanol–water partition coefficient (Wildman–Crippen LogP) is 2.99. The highest BCUT2D eigenvalue weighted by atomic mass is 19.1. The van der Waals surface area contributed by atoms with Crippen molar-refractivity contribution >= 4 is 28.1 Å². The smallest absolute Gasteiger partial charge is 0.217 e. The van der Waals surface area contributed by atoms with E-state index in [2.05, 4.69) is 10.1 Å². The molecule has 21 heavy (non-hydrogen) atoms. The Bertz CT molecular complexity index is 943. The Morgan fingerprint density at radius 3 is 2.81 bits per heavy atom. The average molecular weight is 282 g/mol. The summed E-state index contributed by atoms with van der Waals surface area (Å²) in [5, 5.41) is 14.3. The van der Waals surface area contributed by atoms with Crippen LogP contribution < -0.4 is 0 Å². The van der Waals surface area contributed by atoms with Crippen molar-refractivity contribution in [3.8, 4) is 5.75 Å². The zero-order valence-electron chi connectivity index (χ0n) is 10.5. The van der Waals surface area contributed by atoms with Gasteiger partial charge in [0.15, 0.2) is 0 Å². The molecule has 1 aliphatic rings. The van der Waals surface area contributed by atoms with Crippen molar-refractivity contribution in [3.05, 3.63) is 53.5 Å². The van der Waals surface area contributed by atoms with Crippen LogP contribution in [0.1, 0.15) is 15.9 Å². The molecule has 0 spiro atoms. The molecule has 0 saturated heterocycles. The third-order valence-electron chi connectivity index (χ3n) is 3.42. The average Bonchev–Trinajstić information content (AvgIpc) is 3.05. The van der Waals surface area contributed by atoms with Gasteiger partial charge in [0.25, 0.3) is 0 Å². The fraction of sp³-hybridized carbons (Fsp3) is 0. The number of aliphatic imine (C=N–C) groups is 1. The van der Waals surface area contributed by atoms with E-state index in [9.17, 15) is 14.3 Å². The second-order valence-corrected chi connectivity index (χ2v) is 4.63. The Labute approximate surface area is 117 Å². The number of Topliss-reactive ketones (excluding diaryl/α,β-unsaturated/α-hetero) is 1. The first-order valence-corrected chi connectivity index (χ1v) is 6.15. The Kier molecular flexibility index (Phi) is 2.24. The molecule has 3 aromatic rings. The largest absolute Gasteiger partial charge is 0.507 e. The Hall–Kier alpha value is -3.02. The van der Waals surface area contributed by atoms with Crippen molar-refractivity contribution in [2.75, 3.05) is 0 Å². The summed E-state index contributed by atoms with van der Waals surface area (Å²) in [6.45, 7) is 0. The number of rotatable bonds is 1. The number of carbonyl (C=O) groups is 1. The third-order valence-corrected chi connectivity index (χ3v) is 3.42. The van der Waals surface area contributed by atoms with Crippen LogP contribution in [0.5, 0.6) is 5.75 Å². The number of hydrogen-bond donors (Lipinski definition) is 1. The van der Waals surface area contributed by atoms with E-state index in [4.69, 9.17) is 4.52 Å². The molecule has 6 heteroatoms. The molecule has 2 aromatic carbocycles. The highest BCUT2D eigenvalue weighted by Gasteiger charge is 2.31. The second kappa shape index (κ2) is 3.99. The molecule has 0 bridgehead atoms. The second-order valence-electron chi connectivity index (χ2n) is 4.63. The number of carbonyl (C=O) groups excluding carboxylic acids is 1. The SMILES string of the molecule is O=C1C(c2c(O)ccc3nocc23)=Nc2cccc(F)c21. The molecule has 5 nitrogen and oxygen atoms in total. The van der Waals surface area contributed by atoms with E-state index in [1.54, 1.807) is 12.1 Å². The first-order chi connectivity index (χ1) is 10.2. The number of ketones is 1. The Balaban J connectivity index is 2.00. The lowest BCUT2D eigenvalue weighted by molar-refractivity contribution is 0.106. The maximum absolute atomic E-state index is 13.8. The summed E-state index contributed by atoms with van der Waals surface area (Å²) in [4.78, 5) is 16.6. The molecule has 0 aliphatic carbocycles. The summed E-state index contributed by atoms with van der Waals surface area (Å²) in [5.41, 5.74) is 0.841. The number of aromatic nitrogens is 1. The topological polar surface area (TPSA) is 75.7 Å². The first kappa shape index (κ1) is 11.8. The van der Waals surface area contributed by atoms with Gasteiger partial charge >= 0.3 is 0 Å². The minimum atomic E-state index is -0.631. The van der Waals surface area contributed by atoms with Crippen LogP contribution in [-0.2, 0) is 0 Å². The van der Waals surface area contributed by atoms with E-state index in [1.165, 1.54) is 24.5 Å². The number of fused-ring (bicyclic) bond motifs is 2. The van der Waals surface area contributed by atoms with E-state index in [0.29, 0.717) is 10.9 Å². The zero-order valence-corrected chi connectivity index (χ0v) is 10.5. The van der Waals surface area contributed by atoms with Gasteiger partial charge in [-0.15, -0.1) is 0 Å². The third kappa shape index (κ3) is 1.53. The zero-order chi connectivity index (χ0) is 14.6. The standard InChI is InChI=1S/C15H7FN2O3/c16-8-2-1-3-10-13(8)15(20)14(17-10)12-7-6-21-18-9(7)4-5-11(12)19/h1-6,19H. The Morgan fingerprint density at radius 2 is 2.00 bits per heavy atom. The van der Waals surface area contributed by atoms with Gasteiger partial charge in [0, 0.05) is 0 Å². The van der Waals surface area contributed by atoms with Gasteiger partial charge in [-0.05, 0) is 24.3 Å². The normalized spacial score (nSPS) is 13.6. The van der Waals surface area contributed by atoms with Crippen molar-refractivity contribution in [1.29, 1.82) is 0 Å². The molecular weight excluding hydrogens is 275 g/mol. The summed E-state index contributed by atoms with van der Waals surface area (Å²) >= 11 is 0. The number of benzene rings is 2. The van der Waals surface area contributed by atoms with Gasteiger partial charge in [0.2, 0.25) is 5.78 Å². The molecule has 0 atom stereocenters. The van der Waals surface area contributed by atoms with Gasteiger partial charge in [0.1, 0.15) is 29.1 Å². The molecular formula is C15H7FN2O3. The molecule has 0 saturated carbocycles. The lowest BCUT2D eigenvalue weighted by Gasteiger charge is -2.04. The van der Waals surface area contributed by atoms with Crippen molar-refractivity contribution < 1.29 is 18.8 Å². The van der Waals surface area contributed by atoms with Gasteiger partial charge in [-0.1, -0.05) is 11.2 Å². The Morgan fingerprint density at radius 1 is 1.14 bits per heavy atom. The van der Waals surface area contributed by atoms with Crippen LogP contribution in [0, 0.1) is 5.82 Å². The first-order valence-electron chi connectivity index (χ1n) is 6.15. The minimum Gasteiger partial charge on any atom is -0.507 e. The van der Waals surface area contributed by atoms with Gasteiger partial charge in [-0.25, -0.2) is 9.38 Å². The van der Waals surface area contributed by atoms with Crippen LogP contribution in [0.3, 0.4) is 0 Å². The molecule has 1 N–H and O–H groups in total. The van der Waals surface area contributed by atoms with Crippen LogP contribution in [0.2, 0.25) is 0 Å². The molecule has 4 rings (SSSR count). The van der Waals surface area contributed by atoms with E-state index in [-0.39, 0.29) is 28.3 Å². The molecule has 1 aromatic heterocycles. The van der Waals surface area contributed by atoms with Crippen molar-refractivity contribution in [3.63, 3.8) is 0 Å². The van der Waals surface area contributed by atoms with Gasteiger partial charge in [0.05, 0.1) is 22.2 Å². The maximum Gasteiger partial charge on any atom is 0.217 e. The molecule has 0 unspecified atom stereocenters. The lowest BCUT2D eigenvalue weighted by atomic mass is 9.99. The van der Waals surface area contributed by atoms with Crippen LogP contribution in [-0.4, -0.2) is 21.8 Å². The number of phenolic OH excluding ortho intramolecular Hbond substituents is 1. The quantitative estimate of drug-likeness (QED) is 0.744. The van der Waals surface area contributed by atoms with Crippen LogP contribution in [0.15, 0.2) is 46.1 Å². The summed E-state index contributed by atoms with van der Waals surface area (Å²) in [6.07, 6.45) is 1.32. The minimum absolute atomic E-state index is 0.0126. The van der Waals surface area contributed by atoms with Crippen LogP contribution in [0.4, 0.5) is 10.1 Å².